The van der Waals surface area contributed by atoms with Gasteiger partial charge in [-0.05, 0) is 6.92 Å². The number of hydrogen-bond acceptors (Lipinski definition) is 4. The zero-order valence-corrected chi connectivity index (χ0v) is 5.96. The van der Waals surface area contributed by atoms with Crippen molar-refractivity contribution >= 4 is 12.0 Å². The Labute approximate surface area is 58.9 Å². The molecule has 0 amide bonds. The van der Waals surface area contributed by atoms with E-state index < -0.39 is 0 Å². The van der Waals surface area contributed by atoms with Gasteiger partial charge < -0.3 is 4.74 Å². The number of hydrogen-bond donors (Lipinski definition) is 0. The second-order valence-corrected chi connectivity index (χ2v) is 1.85. The molecule has 0 fully saturated rings. The minimum absolute atomic E-state index is 0.131. The Morgan fingerprint density at radius 1 is 1.80 bits per heavy atom. The molecule has 0 aromatic rings. The summed E-state index contributed by atoms with van der Waals surface area (Å²) >= 11 is 0. The fourth-order valence-corrected chi connectivity index (χ4v) is 0.460. The Kier molecular flexibility index (Phi) is 4.16. The van der Waals surface area contributed by atoms with Gasteiger partial charge in [-0.25, -0.2) is 9.79 Å². The van der Waals surface area contributed by atoms with Crippen molar-refractivity contribution in [2.24, 2.45) is 4.99 Å². The van der Waals surface area contributed by atoms with E-state index in [0.29, 0.717) is 0 Å². The van der Waals surface area contributed by atoms with Crippen LogP contribution in [-0.2, 0) is 14.3 Å². The van der Waals surface area contributed by atoms with Gasteiger partial charge in [-0.15, -0.1) is 0 Å². The topological polar surface area (TPSA) is 55.7 Å². The van der Waals surface area contributed by atoms with Crippen molar-refractivity contribution in [2.45, 2.75) is 19.4 Å². The van der Waals surface area contributed by atoms with Crippen LogP contribution in [-0.4, -0.2) is 25.2 Å². The summed E-state index contributed by atoms with van der Waals surface area (Å²) in [4.78, 5) is 23.4. The Morgan fingerprint density at radius 2 is 2.40 bits per heavy atom. The molecule has 0 saturated carbocycles. The summed E-state index contributed by atoms with van der Waals surface area (Å²) in [5, 5.41) is 0. The monoisotopic (exact) mass is 143 g/mol. The lowest BCUT2D eigenvalue weighted by Crippen LogP contribution is -2.08. The molecule has 0 unspecified atom stereocenters. The Morgan fingerprint density at radius 3 is 2.80 bits per heavy atom. The van der Waals surface area contributed by atoms with Crippen molar-refractivity contribution < 1.29 is 14.3 Å². The molecule has 0 aliphatic heterocycles. The van der Waals surface area contributed by atoms with Crippen LogP contribution in [0.2, 0.25) is 0 Å². The quantitative estimate of drug-likeness (QED) is 0.324. The van der Waals surface area contributed by atoms with Gasteiger partial charge in [-0.1, -0.05) is 0 Å². The van der Waals surface area contributed by atoms with E-state index in [9.17, 15) is 9.59 Å². The SMILES string of the molecule is COC(=O)C[C@H](C)N=C=O. The number of ether oxygens (including phenoxy) is 1. The summed E-state index contributed by atoms with van der Waals surface area (Å²) in [7, 11) is 1.29. The predicted molar refractivity (Wildman–Crippen MR) is 34.2 cm³/mol. The molecular formula is C6H9NO3. The fraction of sp³-hybridized carbons (Fsp3) is 0.667. The summed E-state index contributed by atoms with van der Waals surface area (Å²) < 4.78 is 4.34. The van der Waals surface area contributed by atoms with Crippen LogP contribution < -0.4 is 0 Å². The first kappa shape index (κ1) is 8.85. The van der Waals surface area contributed by atoms with E-state index in [1.807, 2.05) is 0 Å². The van der Waals surface area contributed by atoms with Gasteiger partial charge >= 0.3 is 5.97 Å². The summed E-state index contributed by atoms with van der Waals surface area (Å²) in [6, 6.07) is -0.329. The van der Waals surface area contributed by atoms with Gasteiger partial charge in [0.2, 0.25) is 6.08 Å². The maximum absolute atomic E-state index is 10.5. The maximum atomic E-state index is 10.5. The third-order valence-corrected chi connectivity index (χ3v) is 0.963. The zero-order valence-electron chi connectivity index (χ0n) is 5.96. The Hall–Kier alpha value is -1.15. The molecule has 0 N–H and O–H groups in total. The van der Waals surface area contributed by atoms with Crippen molar-refractivity contribution in [3.63, 3.8) is 0 Å². The molecule has 1 atom stereocenters. The molecule has 10 heavy (non-hydrogen) atoms. The van der Waals surface area contributed by atoms with E-state index in [-0.39, 0.29) is 18.4 Å². The molecular weight excluding hydrogens is 134 g/mol. The first-order valence-electron chi connectivity index (χ1n) is 2.84. The minimum Gasteiger partial charge on any atom is -0.469 e. The van der Waals surface area contributed by atoms with Crippen LogP contribution in [0, 0.1) is 0 Å². The number of carbonyl (C=O) groups is 1. The van der Waals surface area contributed by atoms with E-state index in [0.717, 1.165) is 0 Å². The average Bonchev–Trinajstić information content (AvgIpc) is 1.88. The van der Waals surface area contributed by atoms with E-state index in [4.69, 9.17) is 0 Å². The smallest absolute Gasteiger partial charge is 0.307 e. The van der Waals surface area contributed by atoms with Crippen LogP contribution in [0.15, 0.2) is 4.99 Å². The third kappa shape index (κ3) is 3.80. The van der Waals surface area contributed by atoms with Crippen LogP contribution in [0.5, 0.6) is 0 Å². The van der Waals surface area contributed by atoms with Crippen LogP contribution in [0.1, 0.15) is 13.3 Å². The molecule has 4 nitrogen and oxygen atoms in total. The van der Waals surface area contributed by atoms with Gasteiger partial charge in [0.1, 0.15) is 0 Å². The fourth-order valence-electron chi connectivity index (χ4n) is 0.460. The van der Waals surface area contributed by atoms with Crippen LogP contribution in [0.4, 0.5) is 0 Å². The lowest BCUT2D eigenvalue weighted by molar-refractivity contribution is -0.140. The van der Waals surface area contributed by atoms with Crippen molar-refractivity contribution in [2.75, 3.05) is 7.11 Å². The van der Waals surface area contributed by atoms with Crippen LogP contribution in [0.25, 0.3) is 0 Å². The summed E-state index contributed by atoms with van der Waals surface area (Å²) in [6.07, 6.45) is 1.49. The number of methoxy groups -OCH3 is 1. The first-order chi connectivity index (χ1) is 4.70. The van der Waals surface area contributed by atoms with Crippen molar-refractivity contribution in [1.29, 1.82) is 0 Å². The molecule has 0 spiro atoms. The molecule has 0 aromatic carbocycles. The van der Waals surface area contributed by atoms with E-state index >= 15 is 0 Å². The Balaban J connectivity index is 3.67. The van der Waals surface area contributed by atoms with Gasteiger partial charge in [-0.2, -0.15) is 0 Å². The van der Waals surface area contributed by atoms with Crippen LogP contribution in [0.3, 0.4) is 0 Å². The number of rotatable bonds is 3. The standard InChI is InChI=1S/C6H9NO3/c1-5(7-4-8)3-6(9)10-2/h5H,3H2,1-2H3/t5-/m0/s1. The van der Waals surface area contributed by atoms with Gasteiger partial charge in [-0.3, -0.25) is 4.79 Å². The van der Waals surface area contributed by atoms with Gasteiger partial charge in [0.05, 0.1) is 19.6 Å². The molecule has 56 valence electrons. The average molecular weight is 143 g/mol. The second-order valence-electron chi connectivity index (χ2n) is 1.85. The highest BCUT2D eigenvalue weighted by Crippen LogP contribution is 1.95. The molecule has 0 aliphatic carbocycles. The van der Waals surface area contributed by atoms with Gasteiger partial charge in [0.15, 0.2) is 0 Å². The normalized spacial score (nSPS) is 11.4. The predicted octanol–water partition coefficient (Wildman–Crippen LogP) is 0.274. The first-order valence-corrected chi connectivity index (χ1v) is 2.84. The molecule has 0 saturated heterocycles. The molecule has 4 heteroatoms. The molecule has 0 bridgehead atoms. The number of carbonyl (C=O) groups excluding carboxylic acids is 2. The zero-order chi connectivity index (χ0) is 7.98. The maximum Gasteiger partial charge on any atom is 0.307 e. The van der Waals surface area contributed by atoms with E-state index in [1.165, 1.54) is 13.2 Å². The van der Waals surface area contributed by atoms with E-state index in [1.54, 1.807) is 6.92 Å². The number of aliphatic imine (C=N–C) groups is 1. The van der Waals surface area contributed by atoms with Gasteiger partial charge in [0.25, 0.3) is 0 Å². The van der Waals surface area contributed by atoms with Crippen LogP contribution >= 0.6 is 0 Å². The summed E-state index contributed by atoms with van der Waals surface area (Å²) in [5.41, 5.74) is 0. The lowest BCUT2D eigenvalue weighted by atomic mass is 10.2. The van der Waals surface area contributed by atoms with Crippen molar-refractivity contribution in [3.8, 4) is 0 Å². The highest BCUT2D eigenvalue weighted by atomic mass is 16.5. The molecule has 0 heterocycles. The largest absolute Gasteiger partial charge is 0.469 e. The second kappa shape index (κ2) is 4.70. The summed E-state index contributed by atoms with van der Waals surface area (Å²) in [5.74, 6) is -0.369. The molecule has 0 aliphatic rings. The van der Waals surface area contributed by atoms with Crippen molar-refractivity contribution in [3.05, 3.63) is 0 Å². The Bertz CT molecular complexity index is 160. The highest BCUT2D eigenvalue weighted by molar-refractivity contribution is 5.70. The highest BCUT2D eigenvalue weighted by Gasteiger charge is 2.06. The molecule has 0 rings (SSSR count). The molecule has 0 aromatic heterocycles. The molecule has 0 radical (unpaired) electrons. The van der Waals surface area contributed by atoms with Crippen molar-refractivity contribution in [1.82, 2.24) is 0 Å². The van der Waals surface area contributed by atoms with Gasteiger partial charge in [0, 0.05) is 0 Å². The third-order valence-electron chi connectivity index (χ3n) is 0.963. The summed E-state index contributed by atoms with van der Waals surface area (Å²) in [6.45, 7) is 1.64. The lowest BCUT2D eigenvalue weighted by Gasteiger charge is -1.99. The number of isocyanates is 1. The van der Waals surface area contributed by atoms with E-state index in [2.05, 4.69) is 9.73 Å². The number of nitrogens with zero attached hydrogens (tertiary/aromatic N) is 1. The minimum atomic E-state index is -0.369. The number of esters is 1.